The molecule has 2 N–H and O–H groups in total. The van der Waals surface area contributed by atoms with Gasteiger partial charge in [0, 0.05) is 5.56 Å². The minimum Gasteiger partial charge on any atom is -0.366 e. The molecule has 0 aliphatic heterocycles. The van der Waals surface area contributed by atoms with E-state index in [9.17, 15) is 4.79 Å². The molecule has 2 nitrogen and oxygen atoms in total. The molecule has 0 atom stereocenters. The maximum Gasteiger partial charge on any atom is 0.248 e. The Morgan fingerprint density at radius 3 is 2.08 bits per heavy atom. The van der Waals surface area contributed by atoms with E-state index in [0.29, 0.717) is 15.6 Å². The van der Waals surface area contributed by atoms with E-state index in [4.69, 9.17) is 28.9 Å². The average Bonchev–Trinajstić information content (AvgIpc) is 1.94. The Labute approximate surface area is 98.2 Å². The lowest BCUT2D eigenvalue weighted by atomic mass is 10.2. The molecule has 74 valence electrons. The summed E-state index contributed by atoms with van der Waals surface area (Å²) >= 11 is 11.2. The van der Waals surface area contributed by atoms with Crippen molar-refractivity contribution in [3.8, 4) is 0 Å². The van der Waals surface area contributed by atoms with Crippen molar-refractivity contribution >= 4 is 53.9 Å². The van der Waals surface area contributed by atoms with Gasteiger partial charge in [0.2, 0.25) is 5.91 Å². The fourth-order valence-electron chi connectivity index (χ4n) is 0.649. The summed E-state index contributed by atoms with van der Waals surface area (Å²) < 4.78 is 0. The molecule has 0 spiro atoms. The third-order valence-electron chi connectivity index (χ3n) is 1.20. The van der Waals surface area contributed by atoms with Gasteiger partial charge in [-0.15, -0.1) is 24.8 Å². The van der Waals surface area contributed by atoms with E-state index in [-0.39, 0.29) is 24.8 Å². The van der Waals surface area contributed by atoms with Gasteiger partial charge in [0.1, 0.15) is 0 Å². The van der Waals surface area contributed by atoms with Crippen molar-refractivity contribution in [3.63, 3.8) is 0 Å². The molecule has 13 heavy (non-hydrogen) atoms. The maximum atomic E-state index is 10.6. The number of hydrogen-bond donors (Lipinski definition) is 1. The van der Waals surface area contributed by atoms with Crippen molar-refractivity contribution in [3.05, 3.63) is 33.8 Å². The second-order valence-electron chi connectivity index (χ2n) is 1.99. The van der Waals surface area contributed by atoms with Gasteiger partial charge < -0.3 is 5.73 Å². The highest BCUT2D eigenvalue weighted by Gasteiger charge is 2.02. The third-order valence-corrected chi connectivity index (χ3v) is 1.94. The molecule has 0 heterocycles. The van der Waals surface area contributed by atoms with E-state index in [0.717, 1.165) is 0 Å². The number of halogens is 4. The predicted octanol–water partition coefficient (Wildman–Crippen LogP) is 2.94. The van der Waals surface area contributed by atoms with Crippen LogP contribution in [0, 0.1) is 0 Å². The van der Waals surface area contributed by atoms with Crippen LogP contribution in [0.3, 0.4) is 0 Å². The number of carbonyl (C=O) groups is 1. The van der Waals surface area contributed by atoms with Crippen LogP contribution in [0.2, 0.25) is 10.0 Å². The number of hydrogen-bond acceptors (Lipinski definition) is 1. The Hall–Kier alpha value is -0.150. The van der Waals surface area contributed by atoms with Crippen LogP contribution in [0.1, 0.15) is 10.4 Å². The predicted molar refractivity (Wildman–Crippen MR) is 59.5 cm³/mol. The number of carbonyl (C=O) groups excluding carboxylic acids is 1. The summed E-state index contributed by atoms with van der Waals surface area (Å²) in [4.78, 5) is 10.6. The van der Waals surface area contributed by atoms with Gasteiger partial charge >= 0.3 is 0 Å². The summed E-state index contributed by atoms with van der Waals surface area (Å²) in [6.07, 6.45) is 0. The monoisotopic (exact) mass is 261 g/mol. The van der Waals surface area contributed by atoms with Gasteiger partial charge in [-0.25, -0.2) is 0 Å². The summed E-state index contributed by atoms with van der Waals surface area (Å²) in [5.41, 5.74) is 5.35. The summed E-state index contributed by atoms with van der Waals surface area (Å²) in [7, 11) is 0. The first-order valence-electron chi connectivity index (χ1n) is 2.86. The molecule has 1 amide bonds. The molecule has 0 aromatic heterocycles. The Kier molecular flexibility index (Phi) is 7.46. The highest BCUT2D eigenvalue weighted by molar-refractivity contribution is 6.42. The SMILES string of the molecule is Cl.Cl.NC(=O)c1ccc(Cl)c(Cl)c1. The van der Waals surface area contributed by atoms with Crippen molar-refractivity contribution in [2.75, 3.05) is 0 Å². The second kappa shape index (κ2) is 6.33. The Morgan fingerprint density at radius 1 is 1.15 bits per heavy atom. The molecule has 0 fully saturated rings. The molecule has 6 heteroatoms. The molecule has 1 aromatic carbocycles. The molecule has 0 unspecified atom stereocenters. The van der Waals surface area contributed by atoms with E-state index in [2.05, 4.69) is 0 Å². The van der Waals surface area contributed by atoms with Crippen molar-refractivity contribution in [1.82, 2.24) is 0 Å². The van der Waals surface area contributed by atoms with Crippen molar-refractivity contribution in [2.45, 2.75) is 0 Å². The largest absolute Gasteiger partial charge is 0.366 e. The first-order valence-corrected chi connectivity index (χ1v) is 3.61. The summed E-state index contributed by atoms with van der Waals surface area (Å²) in [5, 5.41) is 0.750. The standard InChI is InChI=1S/C7H5Cl2NO.2ClH/c8-5-2-1-4(7(10)11)3-6(5)9;;/h1-3H,(H2,10,11);2*1H. The van der Waals surface area contributed by atoms with Crippen LogP contribution < -0.4 is 5.73 Å². The van der Waals surface area contributed by atoms with Crippen LogP contribution in [-0.4, -0.2) is 5.91 Å². The Bertz CT molecular complexity index is 303. The van der Waals surface area contributed by atoms with Crippen LogP contribution in [0.4, 0.5) is 0 Å². The van der Waals surface area contributed by atoms with Gasteiger partial charge in [-0.05, 0) is 18.2 Å². The zero-order chi connectivity index (χ0) is 8.43. The van der Waals surface area contributed by atoms with Crippen LogP contribution >= 0.6 is 48.0 Å². The van der Waals surface area contributed by atoms with Gasteiger partial charge in [0.05, 0.1) is 10.0 Å². The first kappa shape index (κ1) is 15.3. The number of benzene rings is 1. The topological polar surface area (TPSA) is 43.1 Å². The highest BCUT2D eigenvalue weighted by Crippen LogP contribution is 2.22. The average molecular weight is 263 g/mol. The molecule has 1 aromatic rings. The molecular weight excluding hydrogens is 256 g/mol. The van der Waals surface area contributed by atoms with Crippen molar-refractivity contribution in [1.29, 1.82) is 0 Å². The van der Waals surface area contributed by atoms with Crippen LogP contribution in [0.25, 0.3) is 0 Å². The zero-order valence-corrected chi connectivity index (χ0v) is 9.43. The lowest BCUT2D eigenvalue weighted by Gasteiger charge is -1.97. The lowest BCUT2D eigenvalue weighted by molar-refractivity contribution is 0.100. The molecule has 0 aliphatic rings. The van der Waals surface area contributed by atoms with Gasteiger partial charge in [0.15, 0.2) is 0 Å². The van der Waals surface area contributed by atoms with Crippen molar-refractivity contribution in [2.24, 2.45) is 5.73 Å². The summed E-state index contributed by atoms with van der Waals surface area (Å²) in [6, 6.07) is 4.49. The number of amides is 1. The van der Waals surface area contributed by atoms with E-state index < -0.39 is 5.91 Å². The minimum atomic E-state index is -0.511. The molecule has 0 radical (unpaired) electrons. The lowest BCUT2D eigenvalue weighted by Crippen LogP contribution is -2.10. The molecule has 1 rings (SSSR count). The molecule has 0 aliphatic carbocycles. The van der Waals surface area contributed by atoms with E-state index in [1.54, 1.807) is 0 Å². The fraction of sp³-hybridized carbons (Fsp3) is 0. The van der Waals surface area contributed by atoms with E-state index in [1.165, 1.54) is 18.2 Å². The minimum absolute atomic E-state index is 0. The summed E-state index contributed by atoms with van der Waals surface area (Å²) in [5.74, 6) is -0.511. The number of primary amides is 1. The zero-order valence-electron chi connectivity index (χ0n) is 6.29. The third kappa shape index (κ3) is 4.05. The van der Waals surface area contributed by atoms with Crippen molar-refractivity contribution < 1.29 is 4.79 Å². The van der Waals surface area contributed by atoms with Crippen LogP contribution in [0.5, 0.6) is 0 Å². The second-order valence-corrected chi connectivity index (χ2v) is 2.81. The maximum absolute atomic E-state index is 10.6. The highest BCUT2D eigenvalue weighted by atomic mass is 35.5. The van der Waals surface area contributed by atoms with E-state index >= 15 is 0 Å². The van der Waals surface area contributed by atoms with Crippen LogP contribution in [-0.2, 0) is 0 Å². The Morgan fingerprint density at radius 2 is 1.69 bits per heavy atom. The fourth-order valence-corrected chi connectivity index (χ4v) is 0.947. The quantitative estimate of drug-likeness (QED) is 0.831. The number of rotatable bonds is 1. The molecule has 0 bridgehead atoms. The number of nitrogens with two attached hydrogens (primary N) is 1. The first-order chi connectivity index (χ1) is 5.11. The van der Waals surface area contributed by atoms with Gasteiger partial charge in [-0.1, -0.05) is 23.2 Å². The van der Waals surface area contributed by atoms with Gasteiger partial charge in [0.25, 0.3) is 0 Å². The Balaban J connectivity index is 0. The van der Waals surface area contributed by atoms with E-state index in [1.807, 2.05) is 0 Å². The molecule has 0 saturated carbocycles. The van der Waals surface area contributed by atoms with Crippen LogP contribution in [0.15, 0.2) is 18.2 Å². The normalized spacial score (nSPS) is 8.15. The summed E-state index contributed by atoms with van der Waals surface area (Å²) in [6.45, 7) is 0. The smallest absolute Gasteiger partial charge is 0.248 e. The van der Waals surface area contributed by atoms with Gasteiger partial charge in [-0.3, -0.25) is 4.79 Å². The molecule has 0 saturated heterocycles. The molecular formula is C7H7Cl4NO. The van der Waals surface area contributed by atoms with Gasteiger partial charge in [-0.2, -0.15) is 0 Å².